The van der Waals surface area contributed by atoms with Gasteiger partial charge in [0.15, 0.2) is 0 Å². The van der Waals surface area contributed by atoms with Crippen LogP contribution in [-0.2, 0) is 10.9 Å². The van der Waals surface area contributed by atoms with Crippen LogP contribution < -0.4 is 0 Å². The summed E-state index contributed by atoms with van der Waals surface area (Å²) in [5.74, 6) is -1.10. The van der Waals surface area contributed by atoms with Gasteiger partial charge in [-0.15, -0.1) is 0 Å². The average molecular weight is 585 g/mol. The maximum atomic E-state index is 13.6. The number of methoxy groups -OCH3 is 1. The van der Waals surface area contributed by atoms with Crippen molar-refractivity contribution in [3.8, 4) is 0 Å². The number of carbonyl (C=O) groups is 2. The van der Waals surface area contributed by atoms with Gasteiger partial charge in [-0.05, 0) is 48.9 Å². The number of hydrogen-bond acceptors (Lipinski definition) is 5. The van der Waals surface area contributed by atoms with Crippen LogP contribution in [0.5, 0.6) is 0 Å². The third-order valence-corrected chi connectivity index (χ3v) is 7.87. The van der Waals surface area contributed by atoms with E-state index < -0.39 is 17.6 Å². The Kier molecular flexibility index (Phi) is 9.58. The predicted octanol–water partition coefficient (Wildman–Crippen LogP) is 4.81. The molecule has 0 saturated carbocycles. The van der Waals surface area contributed by atoms with E-state index in [0.717, 1.165) is 50.4 Å². The fraction of sp³-hybridized carbons (Fsp3) is 0.500. The number of amides is 2. The molecule has 2 aromatic carbocycles. The molecule has 0 unspecified atom stereocenters. The molecule has 40 heavy (non-hydrogen) atoms. The summed E-state index contributed by atoms with van der Waals surface area (Å²) in [6.07, 6.45) is -4.25. The number of hydrogen-bond donors (Lipinski definition) is 0. The number of likely N-dealkylation sites (N-methyl/N-ethyl adjacent to an activating group) is 1. The van der Waals surface area contributed by atoms with Gasteiger partial charge < -0.3 is 19.4 Å². The van der Waals surface area contributed by atoms with E-state index in [1.807, 2.05) is 0 Å². The van der Waals surface area contributed by atoms with Gasteiger partial charge in [0.05, 0.1) is 12.7 Å². The number of carbonyl (C=O) groups excluding carboxylic acids is 2. The van der Waals surface area contributed by atoms with E-state index in [-0.39, 0.29) is 35.0 Å². The van der Waals surface area contributed by atoms with Crippen LogP contribution in [0, 0.1) is 5.82 Å². The van der Waals surface area contributed by atoms with Crippen LogP contribution in [0.4, 0.5) is 22.4 Å². The molecule has 218 valence electrons. The van der Waals surface area contributed by atoms with Gasteiger partial charge in [0.1, 0.15) is 5.82 Å². The van der Waals surface area contributed by atoms with Gasteiger partial charge in [-0.3, -0.25) is 9.69 Å². The zero-order chi connectivity index (χ0) is 29.0. The zero-order valence-electron chi connectivity index (χ0n) is 22.5. The number of benzene rings is 2. The number of alkyl halides is 3. The summed E-state index contributed by atoms with van der Waals surface area (Å²) in [5.41, 5.74) is -0.275. The highest BCUT2D eigenvalue weighted by Gasteiger charge is 2.35. The number of halogens is 5. The smallest absolute Gasteiger partial charge is 0.416 e. The van der Waals surface area contributed by atoms with E-state index in [0.29, 0.717) is 25.6 Å². The van der Waals surface area contributed by atoms with Crippen LogP contribution in [0.3, 0.4) is 0 Å². The number of piperazine rings is 1. The van der Waals surface area contributed by atoms with Gasteiger partial charge in [-0.1, -0.05) is 23.7 Å². The summed E-state index contributed by atoms with van der Waals surface area (Å²) in [5, 5.41) is -0.166. The van der Waals surface area contributed by atoms with Crippen molar-refractivity contribution >= 4 is 23.6 Å². The minimum Gasteiger partial charge on any atom is -0.453 e. The maximum absolute atomic E-state index is 13.6. The molecule has 2 aliphatic rings. The molecule has 12 heteroatoms. The molecule has 0 spiro atoms. The van der Waals surface area contributed by atoms with Gasteiger partial charge >= 0.3 is 12.3 Å². The number of ether oxygens (including phenoxy) is 1. The molecule has 2 amide bonds. The summed E-state index contributed by atoms with van der Waals surface area (Å²) in [6, 6.07) is 9.32. The molecule has 0 radical (unpaired) electrons. The Bertz CT molecular complexity index is 1180. The van der Waals surface area contributed by atoms with Crippen LogP contribution in [0.15, 0.2) is 42.5 Å². The lowest BCUT2D eigenvalue weighted by atomic mass is 9.93. The van der Waals surface area contributed by atoms with E-state index in [1.165, 1.54) is 30.2 Å². The second kappa shape index (κ2) is 12.7. The highest BCUT2D eigenvalue weighted by atomic mass is 35.5. The van der Waals surface area contributed by atoms with E-state index in [4.69, 9.17) is 16.3 Å². The molecule has 2 heterocycles. The van der Waals surface area contributed by atoms with E-state index >= 15 is 0 Å². The summed E-state index contributed by atoms with van der Waals surface area (Å²) < 4.78 is 58.2. The molecule has 0 aromatic heterocycles. The molecule has 2 aromatic rings. The topological polar surface area (TPSA) is 56.3 Å². The molecule has 1 atom stereocenters. The second-order valence-corrected chi connectivity index (χ2v) is 10.8. The van der Waals surface area contributed by atoms with Gasteiger partial charge in [0, 0.05) is 75.4 Å². The van der Waals surface area contributed by atoms with Crippen molar-refractivity contribution in [1.29, 1.82) is 0 Å². The lowest BCUT2D eigenvalue weighted by molar-refractivity contribution is -0.137. The van der Waals surface area contributed by atoms with Crippen molar-refractivity contribution in [2.45, 2.75) is 24.6 Å². The van der Waals surface area contributed by atoms with E-state index in [1.54, 1.807) is 24.1 Å². The molecule has 4 rings (SSSR count). The summed E-state index contributed by atoms with van der Waals surface area (Å²) in [7, 11) is 2.92. The highest BCUT2D eigenvalue weighted by Crippen LogP contribution is 2.32. The van der Waals surface area contributed by atoms with Gasteiger partial charge in [0.2, 0.25) is 0 Å². The van der Waals surface area contributed by atoms with E-state index in [2.05, 4.69) is 9.80 Å². The quantitative estimate of drug-likeness (QED) is 0.417. The van der Waals surface area contributed by atoms with Crippen molar-refractivity contribution in [1.82, 2.24) is 19.6 Å². The minimum atomic E-state index is -4.63. The number of likely N-dealkylation sites (tertiary alicyclic amines) is 1. The van der Waals surface area contributed by atoms with Gasteiger partial charge in [0.25, 0.3) is 5.91 Å². The Morgan fingerprint density at radius 1 is 1.07 bits per heavy atom. The third-order valence-electron chi connectivity index (χ3n) is 7.65. The van der Waals surface area contributed by atoms with Crippen molar-refractivity contribution in [2.75, 3.05) is 66.5 Å². The summed E-state index contributed by atoms with van der Waals surface area (Å²) in [4.78, 5) is 32.6. The molecular weight excluding hydrogens is 552 g/mol. The van der Waals surface area contributed by atoms with Crippen LogP contribution >= 0.6 is 11.6 Å². The van der Waals surface area contributed by atoms with Crippen molar-refractivity contribution in [2.24, 2.45) is 0 Å². The van der Waals surface area contributed by atoms with Crippen LogP contribution in [-0.4, -0.2) is 104 Å². The SMILES string of the molecule is COC(=O)N1CCN(C2CN(CC[C@H](CN(C)C(=O)c3cc(Cl)cc(C(F)(F)F)c3)c3ccc(F)cc3)C2)CC1. The Balaban J connectivity index is 1.35. The fourth-order valence-corrected chi connectivity index (χ4v) is 5.54. The molecule has 2 aliphatic heterocycles. The largest absolute Gasteiger partial charge is 0.453 e. The average Bonchev–Trinajstić information content (AvgIpc) is 2.90. The molecule has 2 fully saturated rings. The number of nitrogens with zero attached hydrogens (tertiary/aromatic N) is 4. The lowest BCUT2D eigenvalue weighted by Gasteiger charge is -2.48. The Labute approximate surface area is 236 Å². The monoisotopic (exact) mass is 584 g/mol. The van der Waals surface area contributed by atoms with Gasteiger partial charge in [-0.25, -0.2) is 9.18 Å². The Hall–Kier alpha value is -2.89. The molecule has 0 N–H and O–H groups in total. The van der Waals surface area contributed by atoms with Gasteiger partial charge in [-0.2, -0.15) is 13.2 Å². The normalized spacial score (nSPS) is 17.8. The second-order valence-electron chi connectivity index (χ2n) is 10.4. The predicted molar refractivity (Wildman–Crippen MR) is 143 cm³/mol. The molecule has 2 saturated heterocycles. The zero-order valence-corrected chi connectivity index (χ0v) is 23.2. The fourth-order valence-electron chi connectivity index (χ4n) is 5.30. The maximum Gasteiger partial charge on any atom is 0.416 e. The first-order valence-corrected chi connectivity index (χ1v) is 13.5. The number of rotatable bonds is 8. The van der Waals surface area contributed by atoms with Crippen molar-refractivity contribution < 1.29 is 31.9 Å². The highest BCUT2D eigenvalue weighted by molar-refractivity contribution is 6.31. The first-order chi connectivity index (χ1) is 18.9. The summed E-state index contributed by atoms with van der Waals surface area (Å²) in [6.45, 7) is 5.60. The molecular formula is C28H33ClF4N4O3. The Morgan fingerprint density at radius 2 is 1.73 bits per heavy atom. The third kappa shape index (κ3) is 7.44. The molecule has 0 aliphatic carbocycles. The first kappa shape index (κ1) is 30.1. The van der Waals surface area contributed by atoms with Crippen LogP contribution in [0.2, 0.25) is 5.02 Å². The van der Waals surface area contributed by atoms with Crippen LogP contribution in [0.25, 0.3) is 0 Å². The molecule has 0 bridgehead atoms. The van der Waals surface area contributed by atoms with Crippen molar-refractivity contribution in [3.05, 3.63) is 70.0 Å². The van der Waals surface area contributed by atoms with E-state index in [9.17, 15) is 27.2 Å². The Morgan fingerprint density at radius 3 is 2.33 bits per heavy atom. The van der Waals surface area contributed by atoms with Crippen LogP contribution in [0.1, 0.15) is 33.8 Å². The standard InChI is InChI=1S/C28H33ClF4N4O3/c1-34(26(38)21-13-22(28(31,32)33)15-23(29)14-21)16-20(19-3-5-24(30)6-4-19)7-8-35-17-25(18-35)36-9-11-37(12-10-36)27(39)40-2/h3-6,13-15,20,25H,7-12,16-18H2,1-2H3/t20-/m1/s1. The first-order valence-electron chi connectivity index (χ1n) is 13.1. The molecule has 7 nitrogen and oxygen atoms in total. The summed E-state index contributed by atoms with van der Waals surface area (Å²) >= 11 is 5.89. The lowest BCUT2D eigenvalue weighted by Crippen LogP contribution is -2.63. The minimum absolute atomic E-state index is 0.141. The van der Waals surface area contributed by atoms with Crippen molar-refractivity contribution in [3.63, 3.8) is 0 Å².